The van der Waals surface area contributed by atoms with E-state index in [9.17, 15) is 14.4 Å². The van der Waals surface area contributed by atoms with E-state index in [2.05, 4.69) is 4.98 Å². The molecule has 0 unspecified atom stereocenters. The lowest BCUT2D eigenvalue weighted by Crippen LogP contribution is -2.24. The quantitative estimate of drug-likeness (QED) is 0.702. The highest BCUT2D eigenvalue weighted by atomic mass is 31.2. The van der Waals surface area contributed by atoms with Gasteiger partial charge in [-0.25, -0.2) is 4.98 Å². The minimum atomic E-state index is -4.22. The second kappa shape index (κ2) is 4.53. The molecule has 0 aliphatic heterocycles. The van der Waals surface area contributed by atoms with Gasteiger partial charge in [-0.1, -0.05) is 19.9 Å². The molecule has 16 heavy (non-hydrogen) atoms. The van der Waals surface area contributed by atoms with Gasteiger partial charge < -0.3 is 15.5 Å². The molecule has 0 radical (unpaired) electrons. The molecule has 90 valence electrons. The highest BCUT2D eigenvalue weighted by Crippen LogP contribution is 2.60. The van der Waals surface area contributed by atoms with Crippen molar-refractivity contribution >= 4 is 13.4 Å². The van der Waals surface area contributed by atoms with E-state index in [0.29, 0.717) is 24.2 Å². The molecule has 0 aromatic carbocycles. The highest BCUT2D eigenvalue weighted by Gasteiger charge is 2.45. The third-order valence-corrected chi connectivity index (χ3v) is 5.06. The van der Waals surface area contributed by atoms with Crippen LogP contribution in [0.3, 0.4) is 0 Å². The lowest BCUT2D eigenvalue weighted by Gasteiger charge is -2.32. The van der Waals surface area contributed by atoms with Crippen LogP contribution in [0.5, 0.6) is 0 Å². The van der Waals surface area contributed by atoms with Gasteiger partial charge in [0.25, 0.3) is 0 Å². The zero-order valence-corrected chi connectivity index (χ0v) is 10.3. The van der Waals surface area contributed by atoms with Gasteiger partial charge in [-0.3, -0.25) is 4.57 Å². The summed E-state index contributed by atoms with van der Waals surface area (Å²) in [5, 5.41) is -1.15. The summed E-state index contributed by atoms with van der Waals surface area (Å²) in [7, 11) is -4.22. The third-order valence-electron chi connectivity index (χ3n) is 3.05. The van der Waals surface area contributed by atoms with E-state index in [-0.39, 0.29) is 0 Å². The van der Waals surface area contributed by atoms with E-state index < -0.39 is 12.8 Å². The number of rotatable bonds is 4. The van der Waals surface area contributed by atoms with Crippen molar-refractivity contribution in [3.63, 3.8) is 0 Å². The zero-order valence-electron chi connectivity index (χ0n) is 9.42. The van der Waals surface area contributed by atoms with Crippen molar-refractivity contribution in [1.82, 2.24) is 4.98 Å². The van der Waals surface area contributed by atoms with Crippen molar-refractivity contribution in [2.75, 3.05) is 5.73 Å². The standard InChI is InChI=1S/C10H17N2O3P/c1-3-10(4-2,16(13,14)15)8-5-6-9(11)12-7-8/h5-7H,3-4H2,1-2H3,(H2,11,12)(H2,13,14,15). The number of nitrogen functional groups attached to an aromatic ring is 1. The monoisotopic (exact) mass is 244 g/mol. The molecule has 0 saturated carbocycles. The van der Waals surface area contributed by atoms with E-state index in [0.717, 1.165) is 0 Å². The maximum atomic E-state index is 11.6. The molecule has 4 N–H and O–H groups in total. The van der Waals surface area contributed by atoms with Gasteiger partial charge >= 0.3 is 7.60 Å². The Morgan fingerprint density at radius 3 is 2.25 bits per heavy atom. The minimum Gasteiger partial charge on any atom is -0.384 e. The maximum Gasteiger partial charge on any atom is 0.336 e. The van der Waals surface area contributed by atoms with Gasteiger partial charge in [0.05, 0.1) is 5.16 Å². The predicted molar refractivity (Wildman–Crippen MR) is 63.0 cm³/mol. The molecule has 0 spiro atoms. The van der Waals surface area contributed by atoms with Crippen LogP contribution in [0.1, 0.15) is 32.3 Å². The van der Waals surface area contributed by atoms with E-state index >= 15 is 0 Å². The molecule has 5 nitrogen and oxygen atoms in total. The molecule has 1 aromatic rings. The summed E-state index contributed by atoms with van der Waals surface area (Å²) >= 11 is 0. The van der Waals surface area contributed by atoms with E-state index in [4.69, 9.17) is 5.73 Å². The Morgan fingerprint density at radius 2 is 1.94 bits per heavy atom. The molecule has 0 saturated heterocycles. The number of anilines is 1. The van der Waals surface area contributed by atoms with Crippen LogP contribution in [0.15, 0.2) is 18.3 Å². The maximum absolute atomic E-state index is 11.6. The van der Waals surface area contributed by atoms with Crippen molar-refractivity contribution in [3.8, 4) is 0 Å². The molecule has 6 heteroatoms. The topological polar surface area (TPSA) is 96.4 Å². The molecule has 1 aromatic heterocycles. The first-order valence-corrected chi connectivity index (χ1v) is 6.76. The highest BCUT2D eigenvalue weighted by molar-refractivity contribution is 7.53. The number of nitrogens with zero attached hydrogens (tertiary/aromatic N) is 1. The van der Waals surface area contributed by atoms with E-state index in [1.807, 2.05) is 0 Å². The molecule has 0 bridgehead atoms. The fraction of sp³-hybridized carbons (Fsp3) is 0.500. The summed E-state index contributed by atoms with van der Waals surface area (Å²) < 4.78 is 11.6. The van der Waals surface area contributed by atoms with Crippen molar-refractivity contribution in [2.45, 2.75) is 31.8 Å². The average Bonchev–Trinajstić information content (AvgIpc) is 2.21. The number of hydrogen-bond donors (Lipinski definition) is 3. The Kier molecular flexibility index (Phi) is 3.73. The fourth-order valence-corrected chi connectivity index (χ4v) is 3.21. The van der Waals surface area contributed by atoms with Gasteiger partial charge in [-0.15, -0.1) is 0 Å². The van der Waals surface area contributed by atoms with Crippen LogP contribution < -0.4 is 5.73 Å². The normalized spacial score (nSPS) is 12.8. The van der Waals surface area contributed by atoms with Crippen molar-refractivity contribution in [3.05, 3.63) is 23.9 Å². The summed E-state index contributed by atoms with van der Waals surface area (Å²) in [6.07, 6.45) is 2.17. The Labute approximate surface area is 94.9 Å². The third kappa shape index (κ3) is 2.12. The summed E-state index contributed by atoms with van der Waals surface area (Å²) in [5.41, 5.74) is 6.00. The first-order chi connectivity index (χ1) is 7.37. The van der Waals surface area contributed by atoms with Gasteiger partial charge in [0.2, 0.25) is 0 Å². The van der Waals surface area contributed by atoms with Crippen molar-refractivity contribution in [2.24, 2.45) is 0 Å². The number of nitrogens with two attached hydrogens (primary N) is 1. The summed E-state index contributed by atoms with van der Waals surface area (Å²) in [4.78, 5) is 22.9. The molecular formula is C10H17N2O3P. The largest absolute Gasteiger partial charge is 0.384 e. The molecular weight excluding hydrogens is 227 g/mol. The Balaban J connectivity index is 3.32. The fourth-order valence-electron chi connectivity index (χ4n) is 1.92. The van der Waals surface area contributed by atoms with Crippen LogP contribution in [0.4, 0.5) is 5.82 Å². The van der Waals surface area contributed by atoms with Gasteiger partial charge in [-0.2, -0.15) is 0 Å². The molecule has 1 heterocycles. The van der Waals surface area contributed by atoms with E-state index in [1.165, 1.54) is 6.20 Å². The molecule has 0 aliphatic carbocycles. The molecule has 0 aliphatic rings. The first-order valence-electron chi connectivity index (χ1n) is 5.15. The Morgan fingerprint density at radius 1 is 1.38 bits per heavy atom. The summed E-state index contributed by atoms with van der Waals surface area (Å²) in [5.74, 6) is 0.343. The number of hydrogen-bond acceptors (Lipinski definition) is 3. The van der Waals surface area contributed by atoms with Gasteiger partial charge in [0.15, 0.2) is 0 Å². The van der Waals surface area contributed by atoms with Crippen LogP contribution in [-0.4, -0.2) is 14.8 Å². The van der Waals surface area contributed by atoms with E-state index in [1.54, 1.807) is 26.0 Å². The molecule has 0 atom stereocenters. The van der Waals surface area contributed by atoms with Crippen LogP contribution in [-0.2, 0) is 9.72 Å². The Hall–Kier alpha value is -0.900. The van der Waals surface area contributed by atoms with Gasteiger partial charge in [-0.05, 0) is 24.5 Å². The lowest BCUT2D eigenvalue weighted by atomic mass is 9.94. The van der Waals surface area contributed by atoms with Gasteiger partial charge in [0.1, 0.15) is 5.82 Å². The lowest BCUT2D eigenvalue weighted by molar-refractivity contribution is 0.315. The number of aromatic nitrogens is 1. The summed E-state index contributed by atoms with van der Waals surface area (Å²) in [6.45, 7) is 3.53. The van der Waals surface area contributed by atoms with Crippen LogP contribution in [0, 0.1) is 0 Å². The van der Waals surface area contributed by atoms with Crippen LogP contribution >= 0.6 is 7.60 Å². The second-order valence-electron chi connectivity index (χ2n) is 3.75. The molecule has 0 fully saturated rings. The van der Waals surface area contributed by atoms with Crippen molar-refractivity contribution in [1.29, 1.82) is 0 Å². The van der Waals surface area contributed by atoms with Crippen molar-refractivity contribution < 1.29 is 14.4 Å². The SMILES string of the molecule is CCC(CC)(c1ccc(N)nc1)P(=O)(O)O. The minimum absolute atomic E-state index is 0.343. The predicted octanol–water partition coefficient (Wildman–Crippen LogP) is 1.86. The second-order valence-corrected chi connectivity index (χ2v) is 5.70. The summed E-state index contributed by atoms with van der Waals surface area (Å²) in [6, 6.07) is 3.19. The first kappa shape index (κ1) is 13.2. The van der Waals surface area contributed by atoms with Gasteiger partial charge in [0, 0.05) is 6.20 Å². The number of pyridine rings is 1. The average molecular weight is 244 g/mol. The zero-order chi connectivity index (χ0) is 12.4. The molecule has 1 rings (SSSR count). The Bertz CT molecular complexity index is 395. The van der Waals surface area contributed by atoms with Crippen LogP contribution in [0.2, 0.25) is 0 Å². The van der Waals surface area contributed by atoms with Crippen LogP contribution in [0.25, 0.3) is 0 Å². The molecule has 0 amide bonds. The smallest absolute Gasteiger partial charge is 0.336 e.